The number of aromatic nitrogens is 2. The highest BCUT2D eigenvalue weighted by Gasteiger charge is 2.19. The number of fused-ring (bicyclic) bond motifs is 1. The van der Waals surface area contributed by atoms with E-state index in [4.69, 9.17) is 10.00 Å². The Morgan fingerprint density at radius 2 is 2.20 bits per heavy atom. The number of imidazole rings is 1. The Balaban J connectivity index is 1.69. The van der Waals surface area contributed by atoms with E-state index in [2.05, 4.69) is 20.9 Å². The van der Waals surface area contributed by atoms with Crippen molar-refractivity contribution < 1.29 is 4.74 Å². The Hall–Kier alpha value is -2.32. The lowest BCUT2D eigenvalue weighted by Crippen LogP contribution is -2.29. The largest absolute Gasteiger partial charge is 0.493 e. The van der Waals surface area contributed by atoms with Crippen LogP contribution in [-0.4, -0.2) is 22.7 Å². The second kappa shape index (κ2) is 5.76. The molecule has 5 nitrogen and oxygen atoms in total. The van der Waals surface area contributed by atoms with Crippen molar-refractivity contribution in [1.29, 1.82) is 5.26 Å². The first-order valence-electron chi connectivity index (χ1n) is 6.75. The maximum atomic E-state index is 9.13. The van der Waals surface area contributed by atoms with E-state index in [0.29, 0.717) is 18.7 Å². The average molecular weight is 268 g/mol. The molecule has 0 saturated heterocycles. The van der Waals surface area contributed by atoms with Crippen molar-refractivity contribution in [1.82, 2.24) is 14.9 Å². The molecule has 1 aromatic carbocycles. The van der Waals surface area contributed by atoms with E-state index in [1.165, 1.54) is 0 Å². The highest BCUT2D eigenvalue weighted by Crippen LogP contribution is 2.15. The van der Waals surface area contributed by atoms with Gasteiger partial charge in [-0.3, -0.25) is 0 Å². The summed E-state index contributed by atoms with van der Waals surface area (Å²) < 4.78 is 7.83. The predicted molar refractivity (Wildman–Crippen MR) is 74.3 cm³/mol. The van der Waals surface area contributed by atoms with Crippen molar-refractivity contribution in [2.24, 2.45) is 0 Å². The van der Waals surface area contributed by atoms with E-state index in [1.807, 2.05) is 30.3 Å². The first-order chi connectivity index (χ1) is 9.88. The summed E-state index contributed by atoms with van der Waals surface area (Å²) in [7, 11) is 0. The summed E-state index contributed by atoms with van der Waals surface area (Å²) in [4.78, 5) is 4.42. The van der Waals surface area contributed by atoms with E-state index in [-0.39, 0.29) is 0 Å². The third-order valence-electron chi connectivity index (χ3n) is 3.40. The van der Waals surface area contributed by atoms with Gasteiger partial charge in [-0.05, 0) is 12.1 Å². The van der Waals surface area contributed by atoms with Crippen LogP contribution in [-0.2, 0) is 19.5 Å². The molecule has 1 aliphatic heterocycles. The van der Waals surface area contributed by atoms with Crippen LogP contribution in [0.1, 0.15) is 17.2 Å². The Bertz CT molecular complexity index is 627. The van der Waals surface area contributed by atoms with Gasteiger partial charge in [0.15, 0.2) is 5.69 Å². The van der Waals surface area contributed by atoms with Crippen LogP contribution < -0.4 is 10.1 Å². The van der Waals surface area contributed by atoms with Gasteiger partial charge in [-0.25, -0.2) is 4.98 Å². The molecule has 2 heterocycles. The minimum absolute atomic E-state index is 0.534. The molecule has 20 heavy (non-hydrogen) atoms. The van der Waals surface area contributed by atoms with Crippen LogP contribution in [0.2, 0.25) is 0 Å². The zero-order valence-electron chi connectivity index (χ0n) is 11.2. The number of nitrogens with one attached hydrogen (secondary N) is 1. The third kappa shape index (κ3) is 2.51. The molecular formula is C15H16N4O. The van der Waals surface area contributed by atoms with Gasteiger partial charge in [-0.1, -0.05) is 18.2 Å². The quantitative estimate of drug-likeness (QED) is 0.912. The smallest absolute Gasteiger partial charge is 0.163 e. The lowest BCUT2D eigenvalue weighted by Gasteiger charge is -2.18. The molecule has 1 N–H and O–H groups in total. The van der Waals surface area contributed by atoms with Gasteiger partial charge in [0, 0.05) is 26.1 Å². The number of para-hydroxylation sites is 1. The number of hydrogen-bond acceptors (Lipinski definition) is 4. The molecule has 0 bridgehead atoms. The van der Waals surface area contributed by atoms with Crippen LogP contribution >= 0.6 is 0 Å². The molecule has 0 fully saturated rings. The van der Waals surface area contributed by atoms with Gasteiger partial charge >= 0.3 is 0 Å². The fourth-order valence-corrected chi connectivity index (χ4v) is 2.44. The van der Waals surface area contributed by atoms with Crippen LogP contribution in [0.5, 0.6) is 5.75 Å². The summed E-state index contributed by atoms with van der Waals surface area (Å²) in [6, 6.07) is 11.9. The number of nitrogens with zero attached hydrogens (tertiary/aromatic N) is 3. The number of hydrogen-bond donors (Lipinski definition) is 1. The molecule has 0 amide bonds. The van der Waals surface area contributed by atoms with Gasteiger partial charge < -0.3 is 14.6 Å². The van der Waals surface area contributed by atoms with E-state index in [1.54, 1.807) is 0 Å². The lowest BCUT2D eigenvalue weighted by atomic mass is 10.3. The molecular weight excluding hydrogens is 252 g/mol. The van der Waals surface area contributed by atoms with Crippen LogP contribution in [0.4, 0.5) is 0 Å². The molecule has 0 saturated carbocycles. The third-order valence-corrected chi connectivity index (χ3v) is 3.40. The summed E-state index contributed by atoms with van der Waals surface area (Å²) in [5.74, 6) is 1.80. The topological polar surface area (TPSA) is 62.9 Å². The summed E-state index contributed by atoms with van der Waals surface area (Å²) in [5, 5.41) is 12.4. The van der Waals surface area contributed by atoms with Crippen molar-refractivity contribution >= 4 is 0 Å². The Kier molecular flexibility index (Phi) is 3.66. The van der Waals surface area contributed by atoms with Gasteiger partial charge in [-0.2, -0.15) is 5.26 Å². The van der Waals surface area contributed by atoms with Gasteiger partial charge in [0.25, 0.3) is 0 Å². The zero-order chi connectivity index (χ0) is 13.8. The fraction of sp³-hybridized carbons (Fsp3) is 0.333. The van der Waals surface area contributed by atoms with Gasteiger partial charge in [0.2, 0.25) is 0 Å². The minimum atomic E-state index is 0.534. The average Bonchev–Trinajstić information content (AvgIpc) is 2.87. The predicted octanol–water partition coefficient (Wildman–Crippen LogP) is 1.48. The first-order valence-corrected chi connectivity index (χ1v) is 6.75. The molecule has 102 valence electrons. The monoisotopic (exact) mass is 268 g/mol. The molecule has 0 spiro atoms. The Morgan fingerprint density at radius 1 is 1.35 bits per heavy atom. The molecule has 1 aromatic heterocycles. The Morgan fingerprint density at radius 3 is 3.00 bits per heavy atom. The van der Waals surface area contributed by atoms with Crippen LogP contribution in [0.25, 0.3) is 0 Å². The lowest BCUT2D eigenvalue weighted by molar-refractivity contribution is 0.315. The van der Waals surface area contributed by atoms with Gasteiger partial charge in [0.05, 0.1) is 12.3 Å². The maximum absolute atomic E-state index is 9.13. The van der Waals surface area contributed by atoms with Crippen LogP contribution in [0, 0.1) is 11.3 Å². The molecule has 0 aliphatic carbocycles. The summed E-state index contributed by atoms with van der Waals surface area (Å²) in [6.45, 7) is 3.07. The second-order valence-electron chi connectivity index (χ2n) is 4.68. The fourth-order valence-electron chi connectivity index (χ4n) is 2.44. The van der Waals surface area contributed by atoms with Gasteiger partial charge in [0.1, 0.15) is 17.6 Å². The highest BCUT2D eigenvalue weighted by molar-refractivity contribution is 5.30. The molecule has 0 atom stereocenters. The highest BCUT2D eigenvalue weighted by atomic mass is 16.5. The minimum Gasteiger partial charge on any atom is -0.493 e. The molecule has 0 radical (unpaired) electrons. The Labute approximate surface area is 117 Å². The standard InChI is InChI=1S/C15H16N4O/c16-10-13-14-11-17-7-8-19(14)15(18-13)6-9-20-12-4-2-1-3-5-12/h1-5,17H,6-9,11H2. The van der Waals surface area contributed by atoms with E-state index in [0.717, 1.165) is 36.9 Å². The van der Waals surface area contributed by atoms with Crippen LogP contribution in [0.3, 0.4) is 0 Å². The number of nitriles is 1. The second-order valence-corrected chi connectivity index (χ2v) is 4.68. The zero-order valence-corrected chi connectivity index (χ0v) is 11.2. The summed E-state index contributed by atoms with van der Waals surface area (Å²) in [6.07, 6.45) is 0.712. The van der Waals surface area contributed by atoms with Crippen molar-refractivity contribution in [3.05, 3.63) is 47.5 Å². The van der Waals surface area contributed by atoms with Gasteiger partial charge in [-0.15, -0.1) is 0 Å². The number of ether oxygens (including phenoxy) is 1. The van der Waals surface area contributed by atoms with Crippen molar-refractivity contribution in [3.8, 4) is 11.8 Å². The van der Waals surface area contributed by atoms with E-state index >= 15 is 0 Å². The van der Waals surface area contributed by atoms with Crippen LogP contribution in [0.15, 0.2) is 30.3 Å². The molecule has 1 aliphatic rings. The first kappa shape index (κ1) is 12.7. The number of benzene rings is 1. The summed E-state index contributed by atoms with van der Waals surface area (Å²) >= 11 is 0. The van der Waals surface area contributed by atoms with E-state index in [9.17, 15) is 0 Å². The summed E-state index contributed by atoms with van der Waals surface area (Å²) in [5.41, 5.74) is 1.53. The molecule has 2 aromatic rings. The maximum Gasteiger partial charge on any atom is 0.163 e. The van der Waals surface area contributed by atoms with Crippen molar-refractivity contribution in [2.75, 3.05) is 13.2 Å². The molecule has 3 rings (SSSR count). The van der Waals surface area contributed by atoms with Crippen molar-refractivity contribution in [2.45, 2.75) is 19.5 Å². The molecule has 0 unspecified atom stereocenters. The number of rotatable bonds is 4. The SMILES string of the molecule is N#Cc1nc(CCOc2ccccc2)n2c1CNCC2. The van der Waals surface area contributed by atoms with E-state index < -0.39 is 0 Å². The van der Waals surface area contributed by atoms with Crippen molar-refractivity contribution in [3.63, 3.8) is 0 Å². The molecule has 5 heteroatoms. The normalized spacial score (nSPS) is 13.6.